The van der Waals surface area contributed by atoms with Gasteiger partial charge in [-0.2, -0.15) is 7.05 Å². The van der Waals surface area contributed by atoms with Gasteiger partial charge in [-0.1, -0.05) is 27.7 Å². The van der Waals surface area contributed by atoms with Crippen molar-refractivity contribution in [2.24, 2.45) is 34.5 Å². The van der Waals surface area contributed by atoms with E-state index in [2.05, 4.69) is 40.1 Å². The summed E-state index contributed by atoms with van der Waals surface area (Å²) in [6.07, 6.45) is 5.73. The molecule has 0 aromatic carbocycles. The molecule has 0 bridgehead atoms. The van der Waals surface area contributed by atoms with Gasteiger partial charge in [-0.15, -0.1) is 0 Å². The van der Waals surface area contributed by atoms with E-state index in [0.717, 1.165) is 29.7 Å². The Hall–Kier alpha value is -0.0400. The first-order valence-electron chi connectivity index (χ1n) is 7.55. The number of hydrogen-bond acceptors (Lipinski definition) is 0. The van der Waals surface area contributed by atoms with Crippen molar-refractivity contribution in [2.75, 3.05) is 0 Å². The number of quaternary nitrogens is 1. The maximum Gasteiger partial charge on any atom is 0.0677 e. The van der Waals surface area contributed by atoms with Crippen LogP contribution in [0.2, 0.25) is 0 Å². The average molecular weight is 235 g/mol. The third-order valence-corrected chi connectivity index (χ3v) is 6.96. The zero-order valence-corrected chi connectivity index (χ0v) is 12.0. The summed E-state index contributed by atoms with van der Waals surface area (Å²) < 4.78 is 0. The lowest BCUT2D eigenvalue weighted by molar-refractivity contribution is -0.656. The second-order valence-corrected chi connectivity index (χ2v) is 7.92. The Morgan fingerprint density at radius 1 is 1.06 bits per heavy atom. The van der Waals surface area contributed by atoms with Gasteiger partial charge in [0.25, 0.3) is 0 Å². The summed E-state index contributed by atoms with van der Waals surface area (Å²) in [6.45, 7) is 10.1. The Bertz CT molecular complexity index is 321. The fourth-order valence-electron chi connectivity index (χ4n) is 5.87. The van der Waals surface area contributed by atoms with E-state index in [-0.39, 0.29) is 0 Å². The van der Waals surface area contributed by atoms with E-state index in [4.69, 9.17) is 0 Å². The molecule has 0 aliphatic heterocycles. The van der Waals surface area contributed by atoms with Gasteiger partial charge >= 0.3 is 0 Å². The first-order chi connectivity index (χ1) is 7.93. The van der Waals surface area contributed by atoms with Crippen molar-refractivity contribution in [1.82, 2.24) is 0 Å². The lowest BCUT2D eigenvalue weighted by Gasteiger charge is -2.52. The summed E-state index contributed by atoms with van der Waals surface area (Å²) in [5.41, 5.74) is 1.20. The standard InChI is InChI=1S/C16H29N/c1-10-6-7-12(17-5)16(4)9-8-11-14(13(10)16)15(11,2)3/h10-14H,5-9,17H2,1-4H3. The molecule has 0 aromatic rings. The van der Waals surface area contributed by atoms with Crippen LogP contribution in [0.25, 0.3) is 0 Å². The van der Waals surface area contributed by atoms with E-state index >= 15 is 0 Å². The smallest absolute Gasteiger partial charge is 0.0677 e. The monoisotopic (exact) mass is 235 g/mol. The second kappa shape index (κ2) is 3.50. The van der Waals surface area contributed by atoms with Gasteiger partial charge in [0.05, 0.1) is 6.04 Å². The molecule has 3 aliphatic carbocycles. The number of fused-ring (bicyclic) bond motifs is 3. The molecule has 3 saturated carbocycles. The number of nitrogens with two attached hydrogens (primary N) is 1. The molecule has 0 aromatic heterocycles. The minimum atomic E-state index is 0.564. The van der Waals surface area contributed by atoms with E-state index in [1.54, 1.807) is 0 Å². The summed E-state index contributed by atoms with van der Waals surface area (Å²) in [5, 5.41) is 2.27. The molecule has 3 aliphatic rings. The molecular formula is C16H29N. The Balaban J connectivity index is 1.94. The minimum Gasteiger partial charge on any atom is -0.476 e. The predicted molar refractivity (Wildman–Crippen MR) is 71.1 cm³/mol. The Kier molecular flexibility index (Phi) is 2.47. The van der Waals surface area contributed by atoms with E-state index in [0.29, 0.717) is 10.8 Å². The predicted octanol–water partition coefficient (Wildman–Crippen LogP) is 2.83. The highest BCUT2D eigenvalue weighted by molar-refractivity contribution is 5.16. The van der Waals surface area contributed by atoms with Gasteiger partial charge in [0.1, 0.15) is 0 Å². The van der Waals surface area contributed by atoms with Crippen LogP contribution in [-0.4, -0.2) is 6.04 Å². The molecule has 3 rings (SSSR count). The zero-order chi connectivity index (χ0) is 12.4. The van der Waals surface area contributed by atoms with E-state index < -0.39 is 0 Å². The quantitative estimate of drug-likeness (QED) is 0.673. The van der Waals surface area contributed by atoms with E-state index in [9.17, 15) is 0 Å². The van der Waals surface area contributed by atoms with E-state index in [1.807, 2.05) is 0 Å². The van der Waals surface area contributed by atoms with Crippen LogP contribution in [0.3, 0.4) is 0 Å². The third kappa shape index (κ3) is 1.41. The normalized spacial score (nSPS) is 55.9. The minimum absolute atomic E-state index is 0.564. The van der Waals surface area contributed by atoms with Crippen LogP contribution in [0.1, 0.15) is 53.4 Å². The van der Waals surface area contributed by atoms with Crippen LogP contribution in [-0.2, 0) is 0 Å². The number of rotatable bonds is 1. The van der Waals surface area contributed by atoms with Crippen molar-refractivity contribution < 1.29 is 5.32 Å². The molecule has 6 atom stereocenters. The zero-order valence-electron chi connectivity index (χ0n) is 12.0. The van der Waals surface area contributed by atoms with Gasteiger partial charge in [-0.3, -0.25) is 0 Å². The maximum absolute atomic E-state index is 4.12. The van der Waals surface area contributed by atoms with Gasteiger partial charge in [0, 0.05) is 5.41 Å². The largest absolute Gasteiger partial charge is 0.476 e. The van der Waals surface area contributed by atoms with Crippen molar-refractivity contribution in [2.45, 2.75) is 59.4 Å². The Morgan fingerprint density at radius 3 is 2.41 bits per heavy atom. The van der Waals surface area contributed by atoms with E-state index in [1.165, 1.54) is 25.7 Å². The van der Waals surface area contributed by atoms with Crippen LogP contribution in [0, 0.1) is 41.5 Å². The van der Waals surface area contributed by atoms with Gasteiger partial charge in [-0.25, -0.2) is 0 Å². The highest BCUT2D eigenvalue weighted by Gasteiger charge is 2.69. The lowest BCUT2D eigenvalue weighted by Crippen LogP contribution is -2.89. The summed E-state index contributed by atoms with van der Waals surface area (Å²) >= 11 is 0. The molecule has 0 amide bonds. The topological polar surface area (TPSA) is 16.6 Å². The van der Waals surface area contributed by atoms with Crippen LogP contribution >= 0.6 is 0 Å². The first kappa shape index (κ1) is 12.0. The fourth-order valence-corrected chi connectivity index (χ4v) is 5.87. The molecule has 0 radical (unpaired) electrons. The fraction of sp³-hybridized carbons (Fsp3) is 0.938. The maximum atomic E-state index is 4.12. The molecule has 1 heteroatoms. The summed E-state index contributed by atoms with van der Waals surface area (Å²) in [6, 6.07) is 0.779. The molecule has 1 nitrogen and oxygen atoms in total. The molecule has 0 spiro atoms. The van der Waals surface area contributed by atoms with Crippen molar-refractivity contribution in [3.8, 4) is 0 Å². The van der Waals surface area contributed by atoms with Crippen molar-refractivity contribution in [3.05, 3.63) is 7.05 Å². The molecule has 0 heterocycles. The van der Waals surface area contributed by atoms with Crippen molar-refractivity contribution >= 4 is 0 Å². The molecule has 3 fully saturated rings. The van der Waals surface area contributed by atoms with Crippen LogP contribution in [0.5, 0.6) is 0 Å². The summed E-state index contributed by atoms with van der Waals surface area (Å²) in [7, 11) is 4.12. The molecule has 2 N–H and O–H groups in total. The SMILES string of the molecule is [CH2-][NH2+]C1CCC(C)C2C3C(CCC12C)C3(C)C. The Labute approximate surface area is 107 Å². The van der Waals surface area contributed by atoms with Crippen LogP contribution < -0.4 is 5.32 Å². The third-order valence-electron chi connectivity index (χ3n) is 6.96. The number of hydrogen-bond donors (Lipinski definition) is 1. The van der Waals surface area contributed by atoms with Crippen LogP contribution in [0.15, 0.2) is 0 Å². The van der Waals surface area contributed by atoms with Crippen molar-refractivity contribution in [3.63, 3.8) is 0 Å². The van der Waals surface area contributed by atoms with Gasteiger partial charge < -0.3 is 5.32 Å². The molecule has 17 heavy (non-hydrogen) atoms. The lowest BCUT2D eigenvalue weighted by atomic mass is 9.54. The average Bonchev–Trinajstić information content (AvgIpc) is 2.81. The molecule has 98 valence electrons. The van der Waals surface area contributed by atoms with Gasteiger partial charge in [0.15, 0.2) is 0 Å². The first-order valence-corrected chi connectivity index (χ1v) is 7.55. The Morgan fingerprint density at radius 2 is 1.76 bits per heavy atom. The summed E-state index contributed by atoms with van der Waals surface area (Å²) in [4.78, 5) is 0. The second-order valence-electron chi connectivity index (χ2n) is 7.92. The molecule has 6 unspecified atom stereocenters. The molecule has 0 saturated heterocycles. The highest BCUT2D eigenvalue weighted by atomic mass is 14.9. The molecular weight excluding hydrogens is 206 g/mol. The summed E-state index contributed by atoms with van der Waals surface area (Å²) in [5.74, 6) is 3.95. The van der Waals surface area contributed by atoms with Crippen LogP contribution in [0.4, 0.5) is 0 Å². The van der Waals surface area contributed by atoms with Gasteiger partial charge in [-0.05, 0) is 54.8 Å². The van der Waals surface area contributed by atoms with Crippen molar-refractivity contribution in [1.29, 1.82) is 0 Å². The van der Waals surface area contributed by atoms with Gasteiger partial charge in [0.2, 0.25) is 0 Å². The highest BCUT2D eigenvalue weighted by Crippen LogP contribution is 2.73.